The second kappa shape index (κ2) is 4.53. The predicted molar refractivity (Wildman–Crippen MR) is 68.2 cm³/mol. The summed E-state index contributed by atoms with van der Waals surface area (Å²) in [5.74, 6) is -0.167. The highest BCUT2D eigenvalue weighted by atomic mass is 19.1. The molecule has 0 aliphatic carbocycles. The summed E-state index contributed by atoms with van der Waals surface area (Å²) in [6.45, 7) is 2.83. The van der Waals surface area contributed by atoms with Crippen LogP contribution in [0.15, 0.2) is 30.7 Å². The van der Waals surface area contributed by atoms with E-state index in [2.05, 4.69) is 10.3 Å². The number of nitrogens with zero attached hydrogens (tertiary/aromatic N) is 2. The zero-order valence-corrected chi connectivity index (χ0v) is 10.4. The maximum absolute atomic E-state index is 13.3. The molecule has 18 heavy (non-hydrogen) atoms. The lowest BCUT2D eigenvalue weighted by Crippen LogP contribution is -2.16. The number of hydrogen-bond donors (Lipinski definition) is 1. The monoisotopic (exact) mass is 245 g/mol. The first-order chi connectivity index (χ1) is 8.75. The molecule has 1 aromatic heterocycles. The third-order valence-electron chi connectivity index (χ3n) is 3.50. The SMILES string of the molecule is Cc1cc(-n2cncc2C2CCCN2)ccc1F. The third kappa shape index (κ3) is 1.93. The molecule has 2 aromatic rings. The average molecular weight is 245 g/mol. The Balaban J connectivity index is 2.00. The molecule has 1 fully saturated rings. The van der Waals surface area contributed by atoms with E-state index in [1.54, 1.807) is 19.3 Å². The van der Waals surface area contributed by atoms with Crippen molar-refractivity contribution in [1.29, 1.82) is 0 Å². The molecule has 1 unspecified atom stereocenters. The Bertz CT molecular complexity index is 556. The molecule has 3 nitrogen and oxygen atoms in total. The van der Waals surface area contributed by atoms with E-state index >= 15 is 0 Å². The standard InChI is InChI=1S/C14H16FN3/c1-10-7-11(4-5-12(10)15)18-9-16-8-14(18)13-3-2-6-17-13/h4-5,7-9,13,17H,2-3,6H2,1H3. The van der Waals surface area contributed by atoms with Crippen LogP contribution >= 0.6 is 0 Å². The molecular weight excluding hydrogens is 229 g/mol. The molecule has 0 amide bonds. The molecule has 1 atom stereocenters. The number of aromatic nitrogens is 2. The van der Waals surface area contributed by atoms with Crippen molar-refractivity contribution in [2.75, 3.05) is 6.54 Å². The molecule has 0 bridgehead atoms. The molecule has 1 N–H and O–H groups in total. The van der Waals surface area contributed by atoms with Gasteiger partial charge in [0.2, 0.25) is 0 Å². The lowest BCUT2D eigenvalue weighted by Gasteiger charge is -2.14. The Morgan fingerprint density at radius 1 is 1.44 bits per heavy atom. The van der Waals surface area contributed by atoms with Gasteiger partial charge in [-0.3, -0.25) is 0 Å². The summed E-state index contributed by atoms with van der Waals surface area (Å²) >= 11 is 0. The van der Waals surface area contributed by atoms with Crippen LogP contribution in [0.25, 0.3) is 5.69 Å². The Hall–Kier alpha value is -1.68. The highest BCUT2D eigenvalue weighted by molar-refractivity contribution is 5.38. The predicted octanol–water partition coefficient (Wildman–Crippen LogP) is 2.74. The van der Waals surface area contributed by atoms with Crippen molar-refractivity contribution in [2.24, 2.45) is 0 Å². The second-order valence-corrected chi connectivity index (χ2v) is 4.77. The van der Waals surface area contributed by atoms with Gasteiger partial charge in [0.15, 0.2) is 0 Å². The minimum Gasteiger partial charge on any atom is -0.309 e. The molecule has 1 aliphatic rings. The summed E-state index contributed by atoms with van der Waals surface area (Å²) in [6, 6.07) is 5.52. The number of imidazole rings is 1. The van der Waals surface area contributed by atoms with Gasteiger partial charge in [0.1, 0.15) is 5.82 Å². The molecule has 4 heteroatoms. The molecule has 0 radical (unpaired) electrons. The highest BCUT2D eigenvalue weighted by Crippen LogP contribution is 2.25. The van der Waals surface area contributed by atoms with Crippen molar-refractivity contribution < 1.29 is 4.39 Å². The molecule has 2 heterocycles. The van der Waals surface area contributed by atoms with Crippen molar-refractivity contribution in [3.05, 3.63) is 47.8 Å². The Morgan fingerprint density at radius 3 is 3.06 bits per heavy atom. The molecule has 1 aromatic carbocycles. The smallest absolute Gasteiger partial charge is 0.126 e. The van der Waals surface area contributed by atoms with E-state index in [1.165, 1.54) is 12.5 Å². The maximum Gasteiger partial charge on any atom is 0.126 e. The van der Waals surface area contributed by atoms with E-state index in [0.717, 1.165) is 24.3 Å². The lowest BCUT2D eigenvalue weighted by molar-refractivity contribution is 0.610. The maximum atomic E-state index is 13.3. The summed E-state index contributed by atoms with van der Waals surface area (Å²) in [4.78, 5) is 4.22. The third-order valence-corrected chi connectivity index (χ3v) is 3.50. The first kappa shape index (κ1) is 11.4. The highest BCUT2D eigenvalue weighted by Gasteiger charge is 2.20. The first-order valence-electron chi connectivity index (χ1n) is 6.28. The normalized spacial score (nSPS) is 19.3. The summed E-state index contributed by atoms with van der Waals surface area (Å²) in [5, 5.41) is 3.46. The van der Waals surface area contributed by atoms with Crippen LogP contribution in [0.1, 0.15) is 30.1 Å². The summed E-state index contributed by atoms with van der Waals surface area (Å²) in [7, 11) is 0. The van der Waals surface area contributed by atoms with Gasteiger partial charge in [0.05, 0.1) is 18.2 Å². The number of nitrogens with one attached hydrogen (secondary N) is 1. The quantitative estimate of drug-likeness (QED) is 0.881. The zero-order chi connectivity index (χ0) is 12.5. The van der Waals surface area contributed by atoms with E-state index in [-0.39, 0.29) is 5.82 Å². The van der Waals surface area contributed by atoms with Gasteiger partial charge in [-0.05, 0) is 50.1 Å². The average Bonchev–Trinajstić information content (AvgIpc) is 3.00. The van der Waals surface area contributed by atoms with Gasteiger partial charge >= 0.3 is 0 Å². The molecule has 0 spiro atoms. The van der Waals surface area contributed by atoms with E-state index in [0.29, 0.717) is 11.6 Å². The van der Waals surface area contributed by atoms with Crippen LogP contribution in [-0.4, -0.2) is 16.1 Å². The largest absolute Gasteiger partial charge is 0.309 e. The van der Waals surface area contributed by atoms with Crippen LogP contribution in [0.4, 0.5) is 4.39 Å². The summed E-state index contributed by atoms with van der Waals surface area (Å²) < 4.78 is 15.3. The Morgan fingerprint density at radius 2 is 2.33 bits per heavy atom. The minimum absolute atomic E-state index is 0.167. The fourth-order valence-corrected chi connectivity index (χ4v) is 2.49. The van der Waals surface area contributed by atoms with Crippen LogP contribution in [0.2, 0.25) is 0 Å². The van der Waals surface area contributed by atoms with Crippen LogP contribution in [-0.2, 0) is 0 Å². The summed E-state index contributed by atoms with van der Waals surface area (Å²) in [6.07, 6.45) is 6.01. The van der Waals surface area contributed by atoms with Gasteiger partial charge in [-0.2, -0.15) is 0 Å². The number of aryl methyl sites for hydroxylation is 1. The Labute approximate surface area is 106 Å². The van der Waals surface area contributed by atoms with Crippen LogP contribution in [0, 0.1) is 12.7 Å². The molecule has 1 aliphatic heterocycles. The van der Waals surface area contributed by atoms with Crippen LogP contribution in [0.5, 0.6) is 0 Å². The van der Waals surface area contributed by atoms with Crippen molar-refractivity contribution in [1.82, 2.24) is 14.9 Å². The molecular formula is C14H16FN3. The fraction of sp³-hybridized carbons (Fsp3) is 0.357. The van der Waals surface area contributed by atoms with Crippen molar-refractivity contribution in [2.45, 2.75) is 25.8 Å². The fourth-order valence-electron chi connectivity index (χ4n) is 2.49. The van der Waals surface area contributed by atoms with Gasteiger partial charge in [0.25, 0.3) is 0 Å². The van der Waals surface area contributed by atoms with Gasteiger partial charge in [-0.25, -0.2) is 9.37 Å². The van der Waals surface area contributed by atoms with Gasteiger partial charge in [-0.1, -0.05) is 0 Å². The number of rotatable bonds is 2. The number of halogens is 1. The molecule has 0 saturated carbocycles. The topological polar surface area (TPSA) is 29.9 Å². The van der Waals surface area contributed by atoms with Gasteiger partial charge in [0, 0.05) is 11.7 Å². The second-order valence-electron chi connectivity index (χ2n) is 4.77. The van der Waals surface area contributed by atoms with Crippen molar-refractivity contribution >= 4 is 0 Å². The van der Waals surface area contributed by atoms with Gasteiger partial charge in [-0.15, -0.1) is 0 Å². The van der Waals surface area contributed by atoms with Gasteiger partial charge < -0.3 is 9.88 Å². The molecule has 3 rings (SSSR count). The van der Waals surface area contributed by atoms with E-state index < -0.39 is 0 Å². The first-order valence-corrected chi connectivity index (χ1v) is 6.28. The van der Waals surface area contributed by atoms with E-state index in [9.17, 15) is 4.39 Å². The van der Waals surface area contributed by atoms with E-state index in [1.807, 2.05) is 16.8 Å². The lowest BCUT2D eigenvalue weighted by atomic mass is 10.1. The molecule has 94 valence electrons. The molecule has 1 saturated heterocycles. The van der Waals surface area contributed by atoms with Crippen molar-refractivity contribution in [3.8, 4) is 5.69 Å². The van der Waals surface area contributed by atoms with Crippen LogP contribution < -0.4 is 5.32 Å². The van der Waals surface area contributed by atoms with Crippen LogP contribution in [0.3, 0.4) is 0 Å². The number of hydrogen-bond acceptors (Lipinski definition) is 2. The minimum atomic E-state index is -0.167. The summed E-state index contributed by atoms with van der Waals surface area (Å²) in [5.41, 5.74) is 2.78. The zero-order valence-electron chi connectivity index (χ0n) is 10.4. The van der Waals surface area contributed by atoms with E-state index in [4.69, 9.17) is 0 Å². The Kier molecular flexibility index (Phi) is 2.88. The van der Waals surface area contributed by atoms with Crippen molar-refractivity contribution in [3.63, 3.8) is 0 Å². The number of benzene rings is 1.